The monoisotopic (exact) mass is 464 g/mol. The highest BCUT2D eigenvalue weighted by Gasteiger charge is 2.49. The van der Waals surface area contributed by atoms with Crippen LogP contribution < -0.4 is 4.74 Å². The second-order valence-electron chi connectivity index (χ2n) is 9.01. The lowest BCUT2D eigenvalue weighted by Crippen LogP contribution is -2.52. The molecule has 2 heterocycles. The van der Waals surface area contributed by atoms with Crippen LogP contribution in [-0.2, 0) is 24.3 Å². The molecule has 0 spiro atoms. The normalized spacial score (nSPS) is 28.8. The Morgan fingerprint density at radius 1 is 1.00 bits per heavy atom. The van der Waals surface area contributed by atoms with E-state index in [1.165, 1.54) is 30.7 Å². The number of sulfonamides is 1. The van der Waals surface area contributed by atoms with E-state index in [0.717, 1.165) is 25.7 Å². The molecular formula is C23H32N2O6S. The molecule has 0 radical (unpaired) electrons. The highest BCUT2D eigenvalue weighted by Crippen LogP contribution is 2.41. The minimum atomic E-state index is -3.72. The second kappa shape index (κ2) is 9.39. The number of esters is 1. The van der Waals surface area contributed by atoms with Crippen LogP contribution >= 0.6 is 0 Å². The summed E-state index contributed by atoms with van der Waals surface area (Å²) >= 11 is 0. The van der Waals surface area contributed by atoms with Gasteiger partial charge in [-0.1, -0.05) is 12.8 Å². The Balaban J connectivity index is 1.54. The third-order valence-electron chi connectivity index (χ3n) is 7.25. The molecule has 3 fully saturated rings. The third-order valence-corrected chi connectivity index (χ3v) is 9.13. The van der Waals surface area contributed by atoms with Crippen LogP contribution in [0.1, 0.15) is 44.9 Å². The molecule has 3 aliphatic rings. The molecule has 2 saturated heterocycles. The maximum Gasteiger partial charge on any atom is 0.328 e. The number of carbonyl (C=O) groups is 2. The Hall–Kier alpha value is -2.13. The third kappa shape index (κ3) is 4.24. The van der Waals surface area contributed by atoms with E-state index in [0.29, 0.717) is 37.5 Å². The maximum absolute atomic E-state index is 13.7. The Labute approximate surface area is 189 Å². The highest BCUT2D eigenvalue weighted by molar-refractivity contribution is 7.89. The van der Waals surface area contributed by atoms with E-state index in [-0.39, 0.29) is 29.4 Å². The predicted molar refractivity (Wildman–Crippen MR) is 117 cm³/mol. The average molecular weight is 465 g/mol. The van der Waals surface area contributed by atoms with E-state index in [1.807, 2.05) is 0 Å². The van der Waals surface area contributed by atoms with Crippen LogP contribution in [0.5, 0.6) is 5.75 Å². The second-order valence-corrected chi connectivity index (χ2v) is 10.9. The summed E-state index contributed by atoms with van der Waals surface area (Å²) in [5.41, 5.74) is 0. The number of nitrogens with zero attached hydrogens (tertiary/aromatic N) is 2. The van der Waals surface area contributed by atoms with Gasteiger partial charge in [0.05, 0.1) is 25.0 Å². The molecule has 1 aromatic rings. The molecule has 32 heavy (non-hydrogen) atoms. The highest BCUT2D eigenvalue weighted by atomic mass is 32.2. The first-order chi connectivity index (χ1) is 15.4. The van der Waals surface area contributed by atoms with E-state index in [9.17, 15) is 18.0 Å². The lowest BCUT2D eigenvalue weighted by atomic mass is 9.84. The van der Waals surface area contributed by atoms with Crippen LogP contribution in [0.25, 0.3) is 0 Å². The molecule has 0 aromatic heterocycles. The molecule has 0 bridgehead atoms. The first-order valence-corrected chi connectivity index (χ1v) is 12.8. The standard InChI is InChI=1S/C23H32N2O6S/c1-30-18-9-11-19(12-10-18)32(28,29)24-13-5-7-17(15-24)22(26)25-20-8-4-3-6-16(20)14-21(25)23(27)31-2/h9-12,16-17,20-21H,3-8,13-15H2,1-2H3. The summed E-state index contributed by atoms with van der Waals surface area (Å²) in [6.07, 6.45) is 5.94. The summed E-state index contributed by atoms with van der Waals surface area (Å²) in [6, 6.07) is 5.78. The van der Waals surface area contributed by atoms with Gasteiger partial charge >= 0.3 is 5.97 Å². The van der Waals surface area contributed by atoms with Crippen LogP contribution in [0, 0.1) is 11.8 Å². The van der Waals surface area contributed by atoms with Crippen molar-refractivity contribution in [3.05, 3.63) is 24.3 Å². The van der Waals surface area contributed by atoms with Crippen molar-refractivity contribution in [1.82, 2.24) is 9.21 Å². The Kier molecular flexibility index (Phi) is 6.76. The van der Waals surface area contributed by atoms with Crippen LogP contribution in [0.3, 0.4) is 0 Å². The summed E-state index contributed by atoms with van der Waals surface area (Å²) in [5, 5.41) is 0. The fraction of sp³-hybridized carbons (Fsp3) is 0.652. The predicted octanol–water partition coefficient (Wildman–Crippen LogP) is 2.43. The molecule has 9 heteroatoms. The van der Waals surface area contributed by atoms with Crippen molar-refractivity contribution in [2.24, 2.45) is 11.8 Å². The van der Waals surface area contributed by atoms with Gasteiger partial charge in [0.15, 0.2) is 0 Å². The number of likely N-dealkylation sites (tertiary alicyclic amines) is 1. The smallest absolute Gasteiger partial charge is 0.328 e. The van der Waals surface area contributed by atoms with Gasteiger partial charge in [-0.2, -0.15) is 4.31 Å². The first-order valence-electron chi connectivity index (χ1n) is 11.4. The van der Waals surface area contributed by atoms with Gasteiger partial charge in [0.25, 0.3) is 0 Å². The van der Waals surface area contributed by atoms with Gasteiger partial charge in [0.2, 0.25) is 15.9 Å². The quantitative estimate of drug-likeness (QED) is 0.622. The average Bonchev–Trinajstić information content (AvgIpc) is 3.22. The van der Waals surface area contributed by atoms with Gasteiger partial charge < -0.3 is 14.4 Å². The van der Waals surface area contributed by atoms with Crippen molar-refractivity contribution < 1.29 is 27.5 Å². The van der Waals surface area contributed by atoms with Crippen LogP contribution in [0.15, 0.2) is 29.2 Å². The zero-order valence-corrected chi connectivity index (χ0v) is 19.6. The fourth-order valence-electron chi connectivity index (χ4n) is 5.59. The maximum atomic E-state index is 13.7. The summed E-state index contributed by atoms with van der Waals surface area (Å²) in [6.45, 7) is 0.513. The van der Waals surface area contributed by atoms with Crippen molar-refractivity contribution in [1.29, 1.82) is 0 Å². The minimum absolute atomic E-state index is 0.0499. The number of carbonyl (C=O) groups excluding carboxylic acids is 2. The topological polar surface area (TPSA) is 93.2 Å². The SMILES string of the molecule is COC(=O)C1CC2CCCCC2N1C(=O)C1CCCN(S(=O)(=O)c2ccc(OC)cc2)C1. The van der Waals surface area contributed by atoms with Crippen molar-refractivity contribution in [2.75, 3.05) is 27.3 Å². The number of ether oxygens (including phenoxy) is 2. The number of amides is 1. The lowest BCUT2D eigenvalue weighted by molar-refractivity contribution is -0.154. The van der Waals surface area contributed by atoms with Gasteiger partial charge in [-0.05, 0) is 62.3 Å². The molecule has 8 nitrogen and oxygen atoms in total. The molecular weight excluding hydrogens is 432 g/mol. The van der Waals surface area contributed by atoms with Gasteiger partial charge in [0.1, 0.15) is 11.8 Å². The molecule has 1 amide bonds. The number of fused-ring (bicyclic) bond motifs is 1. The molecule has 1 aliphatic carbocycles. The van der Waals surface area contributed by atoms with Gasteiger partial charge in [-0.3, -0.25) is 4.79 Å². The molecule has 4 unspecified atom stereocenters. The summed E-state index contributed by atoms with van der Waals surface area (Å²) in [7, 11) is -0.833. The van der Waals surface area contributed by atoms with E-state index in [2.05, 4.69) is 0 Å². The Morgan fingerprint density at radius 3 is 2.41 bits per heavy atom. The Bertz CT molecular complexity index is 948. The van der Waals surface area contributed by atoms with Crippen molar-refractivity contribution >= 4 is 21.9 Å². The number of hydrogen-bond donors (Lipinski definition) is 0. The summed E-state index contributed by atoms with van der Waals surface area (Å²) < 4.78 is 38.0. The van der Waals surface area contributed by atoms with Gasteiger partial charge in [-0.25, -0.2) is 13.2 Å². The molecule has 2 aliphatic heterocycles. The number of benzene rings is 1. The van der Waals surface area contributed by atoms with Crippen LogP contribution in [-0.4, -0.2) is 68.9 Å². The number of piperidine rings is 1. The van der Waals surface area contributed by atoms with Crippen molar-refractivity contribution in [2.45, 2.75) is 61.9 Å². The largest absolute Gasteiger partial charge is 0.497 e. The summed E-state index contributed by atoms with van der Waals surface area (Å²) in [5.74, 6) is -0.0274. The van der Waals surface area contributed by atoms with E-state index in [4.69, 9.17) is 9.47 Å². The molecule has 1 saturated carbocycles. The lowest BCUT2D eigenvalue weighted by Gasteiger charge is -2.38. The molecule has 0 N–H and O–H groups in total. The number of rotatable bonds is 5. The minimum Gasteiger partial charge on any atom is -0.497 e. The zero-order chi connectivity index (χ0) is 22.9. The van der Waals surface area contributed by atoms with Gasteiger partial charge in [-0.15, -0.1) is 0 Å². The van der Waals surface area contributed by atoms with Crippen LogP contribution in [0.2, 0.25) is 0 Å². The van der Waals surface area contributed by atoms with Crippen LogP contribution in [0.4, 0.5) is 0 Å². The van der Waals surface area contributed by atoms with Crippen molar-refractivity contribution in [3.8, 4) is 5.75 Å². The number of methoxy groups -OCH3 is 2. The number of hydrogen-bond acceptors (Lipinski definition) is 6. The molecule has 176 valence electrons. The van der Waals surface area contributed by atoms with E-state index >= 15 is 0 Å². The van der Waals surface area contributed by atoms with Gasteiger partial charge in [0, 0.05) is 19.1 Å². The van der Waals surface area contributed by atoms with E-state index in [1.54, 1.807) is 17.0 Å². The first kappa shape index (κ1) is 23.0. The molecule has 4 rings (SSSR count). The summed E-state index contributed by atoms with van der Waals surface area (Å²) in [4.78, 5) is 28.1. The molecule has 4 atom stereocenters. The van der Waals surface area contributed by atoms with E-state index < -0.39 is 22.0 Å². The Morgan fingerprint density at radius 2 is 1.72 bits per heavy atom. The molecule has 1 aromatic carbocycles. The fourth-order valence-corrected chi connectivity index (χ4v) is 7.12. The van der Waals surface area contributed by atoms with Crippen molar-refractivity contribution in [3.63, 3.8) is 0 Å². The zero-order valence-electron chi connectivity index (χ0n) is 18.7.